The summed E-state index contributed by atoms with van der Waals surface area (Å²) < 4.78 is 7.43. The Morgan fingerprint density at radius 1 is 1.42 bits per heavy atom. The van der Waals surface area contributed by atoms with Gasteiger partial charge in [0.25, 0.3) is 0 Å². The molecule has 1 saturated heterocycles. The number of alkyl halides is 1. The van der Waals surface area contributed by atoms with Crippen molar-refractivity contribution < 1.29 is 4.74 Å². The first-order valence-electron chi connectivity index (χ1n) is 6.24. The van der Waals surface area contributed by atoms with Crippen molar-refractivity contribution in [3.05, 3.63) is 12.2 Å². The molecule has 0 saturated carbocycles. The maximum Gasteiger partial charge on any atom is 0.245 e. The summed E-state index contributed by atoms with van der Waals surface area (Å²) in [6, 6.07) is 0.430. The zero-order valence-electron chi connectivity index (χ0n) is 10.7. The summed E-state index contributed by atoms with van der Waals surface area (Å²) in [5.74, 6) is 4.10. The molecule has 1 fully saturated rings. The molecule has 0 spiro atoms. The largest absolute Gasteiger partial charge is 0.479 e. The normalized spacial score (nSPS) is 16.9. The van der Waals surface area contributed by atoms with Crippen molar-refractivity contribution >= 4 is 34.5 Å². The molecule has 0 N–H and O–H groups in total. The lowest BCUT2D eigenvalue weighted by Gasteiger charge is -2.24. The van der Waals surface area contributed by atoms with Crippen LogP contribution in [0.2, 0.25) is 0 Å². The lowest BCUT2D eigenvalue weighted by Crippen LogP contribution is -2.17. The number of halogens is 1. The van der Waals surface area contributed by atoms with E-state index in [9.17, 15) is 0 Å². The van der Waals surface area contributed by atoms with Crippen LogP contribution in [0.5, 0.6) is 5.88 Å². The Bertz CT molecular complexity index is 582. The van der Waals surface area contributed by atoms with Gasteiger partial charge in [0, 0.05) is 6.04 Å². The molecule has 3 rings (SSSR count). The van der Waals surface area contributed by atoms with E-state index in [1.807, 2.05) is 11.8 Å². The summed E-state index contributed by atoms with van der Waals surface area (Å²) >= 11 is 8.04. The monoisotopic (exact) mass is 298 g/mol. The van der Waals surface area contributed by atoms with E-state index in [1.165, 1.54) is 17.8 Å². The minimum atomic E-state index is 0.378. The minimum absolute atomic E-state index is 0.378. The summed E-state index contributed by atoms with van der Waals surface area (Å²) in [6.45, 7) is 0. The number of ether oxygens (including phenoxy) is 1. The van der Waals surface area contributed by atoms with Crippen molar-refractivity contribution in [2.75, 3.05) is 18.6 Å². The molecule has 3 heterocycles. The first kappa shape index (κ1) is 13.0. The van der Waals surface area contributed by atoms with E-state index in [4.69, 9.17) is 16.3 Å². The average molecular weight is 299 g/mol. The van der Waals surface area contributed by atoms with Crippen molar-refractivity contribution in [1.29, 1.82) is 0 Å². The van der Waals surface area contributed by atoms with Crippen LogP contribution >= 0.6 is 23.4 Å². The quantitative estimate of drug-likeness (QED) is 0.815. The fourth-order valence-electron chi connectivity index (χ4n) is 2.50. The SMILES string of the molecule is COc1ncnc2c1nc(CCl)n2C1CCSCC1. The van der Waals surface area contributed by atoms with E-state index in [-0.39, 0.29) is 0 Å². The van der Waals surface area contributed by atoms with Gasteiger partial charge in [0.05, 0.1) is 13.0 Å². The molecular weight excluding hydrogens is 284 g/mol. The van der Waals surface area contributed by atoms with Crippen LogP contribution in [0, 0.1) is 0 Å². The molecule has 0 aromatic carbocycles. The van der Waals surface area contributed by atoms with Gasteiger partial charge < -0.3 is 9.30 Å². The molecule has 1 aliphatic heterocycles. The number of thioether (sulfide) groups is 1. The van der Waals surface area contributed by atoms with Crippen LogP contribution in [-0.2, 0) is 5.88 Å². The van der Waals surface area contributed by atoms with Crippen LogP contribution in [0.4, 0.5) is 0 Å². The second kappa shape index (κ2) is 5.54. The number of aromatic nitrogens is 4. The van der Waals surface area contributed by atoms with Crippen molar-refractivity contribution in [2.45, 2.75) is 24.8 Å². The highest BCUT2D eigenvalue weighted by molar-refractivity contribution is 7.99. The number of hydrogen-bond acceptors (Lipinski definition) is 5. The number of fused-ring (bicyclic) bond motifs is 1. The lowest BCUT2D eigenvalue weighted by atomic mass is 10.1. The van der Waals surface area contributed by atoms with Gasteiger partial charge in [0.1, 0.15) is 12.2 Å². The fraction of sp³-hybridized carbons (Fsp3) is 0.583. The summed E-state index contributed by atoms with van der Waals surface area (Å²) in [4.78, 5) is 13.0. The van der Waals surface area contributed by atoms with E-state index in [0.29, 0.717) is 23.3 Å². The Labute approximate surface area is 120 Å². The molecule has 0 aliphatic carbocycles. The highest BCUT2D eigenvalue weighted by Crippen LogP contribution is 2.32. The van der Waals surface area contributed by atoms with Crippen molar-refractivity contribution in [3.8, 4) is 5.88 Å². The molecular formula is C12H15ClN4OS. The molecule has 0 radical (unpaired) electrons. The van der Waals surface area contributed by atoms with Crippen molar-refractivity contribution in [3.63, 3.8) is 0 Å². The second-order valence-corrected chi connectivity index (χ2v) is 5.92. The van der Waals surface area contributed by atoms with Crippen LogP contribution in [0.25, 0.3) is 11.2 Å². The number of rotatable bonds is 3. The number of nitrogens with zero attached hydrogens (tertiary/aromatic N) is 4. The molecule has 0 bridgehead atoms. The van der Waals surface area contributed by atoms with Gasteiger partial charge in [0.15, 0.2) is 11.2 Å². The van der Waals surface area contributed by atoms with E-state index < -0.39 is 0 Å². The van der Waals surface area contributed by atoms with Gasteiger partial charge in [0.2, 0.25) is 5.88 Å². The molecule has 5 nitrogen and oxygen atoms in total. The first-order chi connectivity index (χ1) is 9.35. The van der Waals surface area contributed by atoms with E-state index in [0.717, 1.165) is 24.3 Å². The van der Waals surface area contributed by atoms with Gasteiger partial charge in [-0.1, -0.05) is 0 Å². The maximum absolute atomic E-state index is 6.04. The number of methoxy groups -OCH3 is 1. The standard InChI is InChI=1S/C12H15ClN4OS/c1-18-12-10-11(14-7-15-12)17(9(6-13)16-10)8-2-4-19-5-3-8/h7-8H,2-6H2,1H3. The fourth-order valence-corrected chi connectivity index (χ4v) is 3.77. The summed E-state index contributed by atoms with van der Waals surface area (Å²) in [7, 11) is 1.60. The Morgan fingerprint density at radius 3 is 2.89 bits per heavy atom. The molecule has 19 heavy (non-hydrogen) atoms. The first-order valence-corrected chi connectivity index (χ1v) is 7.93. The van der Waals surface area contributed by atoms with Gasteiger partial charge in [-0.25, -0.2) is 9.97 Å². The third-order valence-corrected chi connectivity index (χ3v) is 4.67. The Kier molecular flexibility index (Phi) is 3.79. The summed E-state index contributed by atoms with van der Waals surface area (Å²) in [6.07, 6.45) is 3.79. The zero-order chi connectivity index (χ0) is 13.2. The predicted molar refractivity (Wildman–Crippen MR) is 77.0 cm³/mol. The zero-order valence-corrected chi connectivity index (χ0v) is 12.2. The highest BCUT2D eigenvalue weighted by Gasteiger charge is 2.23. The lowest BCUT2D eigenvalue weighted by molar-refractivity contribution is 0.401. The van der Waals surface area contributed by atoms with E-state index >= 15 is 0 Å². The molecule has 2 aromatic heterocycles. The highest BCUT2D eigenvalue weighted by atomic mass is 35.5. The van der Waals surface area contributed by atoms with E-state index in [2.05, 4.69) is 19.5 Å². The van der Waals surface area contributed by atoms with Gasteiger partial charge in [-0.05, 0) is 24.3 Å². The Morgan fingerprint density at radius 2 is 2.21 bits per heavy atom. The summed E-state index contributed by atoms with van der Waals surface area (Å²) in [5, 5.41) is 0. The van der Waals surface area contributed by atoms with Crippen LogP contribution in [0.3, 0.4) is 0 Å². The average Bonchev–Trinajstić information content (AvgIpc) is 2.86. The predicted octanol–water partition coefficient (Wildman–Crippen LogP) is 2.64. The molecule has 0 amide bonds. The van der Waals surface area contributed by atoms with E-state index in [1.54, 1.807) is 7.11 Å². The van der Waals surface area contributed by atoms with Crippen LogP contribution in [-0.4, -0.2) is 38.1 Å². The number of imidazole rings is 1. The second-order valence-electron chi connectivity index (χ2n) is 4.43. The van der Waals surface area contributed by atoms with Gasteiger partial charge >= 0.3 is 0 Å². The van der Waals surface area contributed by atoms with Gasteiger partial charge in [-0.2, -0.15) is 16.7 Å². The summed E-state index contributed by atoms with van der Waals surface area (Å²) in [5.41, 5.74) is 1.54. The molecule has 1 aliphatic rings. The smallest absolute Gasteiger partial charge is 0.245 e. The topological polar surface area (TPSA) is 52.8 Å². The van der Waals surface area contributed by atoms with Crippen LogP contribution in [0.15, 0.2) is 6.33 Å². The minimum Gasteiger partial charge on any atom is -0.479 e. The Hall–Kier alpha value is -1.01. The van der Waals surface area contributed by atoms with Crippen molar-refractivity contribution in [2.24, 2.45) is 0 Å². The van der Waals surface area contributed by atoms with Gasteiger partial charge in [-0.3, -0.25) is 0 Å². The van der Waals surface area contributed by atoms with Gasteiger partial charge in [-0.15, -0.1) is 11.6 Å². The molecule has 102 valence electrons. The number of hydrogen-bond donors (Lipinski definition) is 0. The van der Waals surface area contributed by atoms with Crippen LogP contribution < -0.4 is 4.74 Å². The molecule has 0 unspecified atom stereocenters. The molecule has 2 aromatic rings. The maximum atomic E-state index is 6.04. The van der Waals surface area contributed by atoms with Crippen LogP contribution in [0.1, 0.15) is 24.7 Å². The third kappa shape index (κ3) is 2.27. The van der Waals surface area contributed by atoms with Crippen molar-refractivity contribution in [1.82, 2.24) is 19.5 Å². The Balaban J connectivity index is 2.15. The third-order valence-electron chi connectivity index (χ3n) is 3.39. The molecule has 0 atom stereocenters. The molecule has 7 heteroatoms.